The van der Waals surface area contributed by atoms with Gasteiger partial charge in [-0.1, -0.05) is 12.1 Å². The average Bonchev–Trinajstić information content (AvgIpc) is 2.90. The molecule has 2 aromatic heterocycles. The minimum atomic E-state index is -4.41. The molecule has 0 spiro atoms. The van der Waals surface area contributed by atoms with Gasteiger partial charge >= 0.3 is 0 Å². The highest BCUT2D eigenvalue weighted by atomic mass is 32.2. The van der Waals surface area contributed by atoms with Gasteiger partial charge in [0.25, 0.3) is 16.0 Å². The number of pyridine rings is 2. The first-order valence-electron chi connectivity index (χ1n) is 7.29. The lowest BCUT2D eigenvalue weighted by Gasteiger charge is -2.07. The van der Waals surface area contributed by atoms with E-state index in [9.17, 15) is 17.8 Å². The Morgan fingerprint density at radius 2 is 1.80 bits per heavy atom. The van der Waals surface area contributed by atoms with E-state index in [0.717, 1.165) is 0 Å². The summed E-state index contributed by atoms with van der Waals surface area (Å²) in [7, 11) is -4.41. The van der Waals surface area contributed by atoms with E-state index < -0.39 is 10.1 Å². The zero-order valence-electron chi connectivity index (χ0n) is 12.7. The molecule has 0 radical (unpaired) electrons. The van der Waals surface area contributed by atoms with Crippen molar-refractivity contribution in [3.8, 4) is 0 Å². The zero-order valence-corrected chi connectivity index (χ0v) is 13.5. The number of nitrogens with zero attached hydrogens (tertiary/aromatic N) is 2. The Labute approximate surface area is 142 Å². The van der Waals surface area contributed by atoms with Gasteiger partial charge in [0, 0.05) is 23.3 Å². The van der Waals surface area contributed by atoms with E-state index in [1.165, 1.54) is 18.3 Å². The van der Waals surface area contributed by atoms with Crippen LogP contribution in [0.4, 0.5) is 5.82 Å². The summed E-state index contributed by atoms with van der Waals surface area (Å²) in [4.78, 5) is 20.1. The molecule has 0 saturated heterocycles. The maximum atomic E-state index is 12.2. The summed E-state index contributed by atoms with van der Waals surface area (Å²) in [6.07, 6.45) is 4.68. The van der Waals surface area contributed by atoms with Crippen LogP contribution < -0.4 is 5.32 Å². The largest absolute Gasteiger partial charge is 0.306 e. The molecule has 1 aliphatic heterocycles. The molecule has 8 heteroatoms. The maximum Gasteiger partial charge on any atom is 0.296 e. The summed E-state index contributed by atoms with van der Waals surface area (Å²) in [6.45, 7) is 0. The first kappa shape index (κ1) is 15.4. The van der Waals surface area contributed by atoms with Crippen molar-refractivity contribution in [3.05, 3.63) is 59.9 Å². The molecule has 2 N–H and O–H groups in total. The van der Waals surface area contributed by atoms with Crippen LogP contribution >= 0.6 is 0 Å². The standard InChI is InChI=1S/C17H11N3O4S/c21-17-13(12-4-2-8-19-16(12)20-17)9-10-5-6-14(25(22,23)24)15-11(10)3-1-7-18-15/h1-9H,(H,19,20,21)(H,22,23,24)/b13-9+. The van der Waals surface area contributed by atoms with Crippen LogP contribution in [0.5, 0.6) is 0 Å². The predicted octanol–water partition coefficient (Wildman–Crippen LogP) is 2.37. The second-order valence-corrected chi connectivity index (χ2v) is 6.83. The smallest absolute Gasteiger partial charge is 0.296 e. The highest BCUT2D eigenvalue weighted by Crippen LogP contribution is 2.33. The van der Waals surface area contributed by atoms with E-state index in [1.807, 2.05) is 0 Å². The van der Waals surface area contributed by atoms with Crippen molar-refractivity contribution in [3.63, 3.8) is 0 Å². The molecule has 1 aromatic carbocycles. The summed E-state index contributed by atoms with van der Waals surface area (Å²) in [5, 5.41) is 3.19. The monoisotopic (exact) mass is 353 g/mol. The van der Waals surface area contributed by atoms with Crippen LogP contribution in [0.1, 0.15) is 11.1 Å². The molecular weight excluding hydrogens is 342 g/mol. The molecule has 0 saturated carbocycles. The van der Waals surface area contributed by atoms with Crippen molar-refractivity contribution in [1.82, 2.24) is 9.97 Å². The normalized spacial score (nSPS) is 15.4. The van der Waals surface area contributed by atoms with Crippen molar-refractivity contribution in [2.45, 2.75) is 4.90 Å². The molecule has 0 aliphatic carbocycles. The lowest BCUT2D eigenvalue weighted by Crippen LogP contribution is -2.04. The molecule has 3 aromatic rings. The van der Waals surface area contributed by atoms with Crippen LogP contribution in [0.25, 0.3) is 22.6 Å². The SMILES string of the molecule is O=C1Nc2ncccc2/C1=C\c1ccc(S(=O)(=O)O)c2ncccc12. The Hall–Kier alpha value is -3.10. The van der Waals surface area contributed by atoms with Crippen LogP contribution in [0.3, 0.4) is 0 Å². The Kier molecular flexibility index (Phi) is 3.38. The fourth-order valence-corrected chi connectivity index (χ4v) is 3.47. The van der Waals surface area contributed by atoms with Gasteiger partial charge in [0.1, 0.15) is 10.7 Å². The van der Waals surface area contributed by atoms with Gasteiger partial charge < -0.3 is 5.32 Å². The quantitative estimate of drug-likeness (QED) is 0.541. The molecule has 124 valence electrons. The molecule has 0 unspecified atom stereocenters. The number of amides is 1. The zero-order chi connectivity index (χ0) is 17.6. The average molecular weight is 353 g/mol. The van der Waals surface area contributed by atoms with E-state index in [1.54, 1.807) is 36.5 Å². The summed E-state index contributed by atoms with van der Waals surface area (Å²) in [5.74, 6) is 0.195. The molecule has 4 rings (SSSR count). The molecule has 1 aliphatic rings. The molecule has 7 nitrogen and oxygen atoms in total. The third kappa shape index (κ3) is 2.57. The number of carbonyl (C=O) groups is 1. The predicted molar refractivity (Wildman–Crippen MR) is 92.3 cm³/mol. The van der Waals surface area contributed by atoms with E-state index >= 15 is 0 Å². The Bertz CT molecular complexity index is 1170. The number of nitrogens with one attached hydrogen (secondary N) is 1. The lowest BCUT2D eigenvalue weighted by atomic mass is 10.0. The van der Waals surface area contributed by atoms with Gasteiger partial charge in [0.05, 0.1) is 11.1 Å². The molecule has 3 heterocycles. The number of hydrogen-bond acceptors (Lipinski definition) is 5. The van der Waals surface area contributed by atoms with Crippen molar-refractivity contribution >= 4 is 44.4 Å². The van der Waals surface area contributed by atoms with Gasteiger partial charge in [-0.15, -0.1) is 0 Å². The minimum Gasteiger partial charge on any atom is -0.306 e. The lowest BCUT2D eigenvalue weighted by molar-refractivity contribution is -0.110. The Balaban J connectivity index is 1.97. The minimum absolute atomic E-state index is 0.143. The van der Waals surface area contributed by atoms with Gasteiger partial charge in [-0.2, -0.15) is 8.42 Å². The Morgan fingerprint density at radius 1 is 1.04 bits per heavy atom. The van der Waals surface area contributed by atoms with Crippen LogP contribution in [0, 0.1) is 0 Å². The third-order valence-electron chi connectivity index (χ3n) is 3.92. The number of anilines is 1. The maximum absolute atomic E-state index is 12.2. The first-order valence-corrected chi connectivity index (χ1v) is 8.73. The van der Waals surface area contributed by atoms with Gasteiger partial charge in [0.15, 0.2) is 0 Å². The molecule has 0 bridgehead atoms. The van der Waals surface area contributed by atoms with Gasteiger partial charge in [0.2, 0.25) is 0 Å². The van der Waals surface area contributed by atoms with Gasteiger partial charge in [-0.05, 0) is 35.9 Å². The highest BCUT2D eigenvalue weighted by molar-refractivity contribution is 7.86. The van der Waals surface area contributed by atoms with E-state index in [-0.39, 0.29) is 16.3 Å². The van der Waals surface area contributed by atoms with Crippen LogP contribution in [-0.2, 0) is 14.9 Å². The second kappa shape index (κ2) is 5.47. The van der Waals surface area contributed by atoms with Crippen molar-refractivity contribution in [2.75, 3.05) is 5.32 Å². The molecule has 0 atom stereocenters. The van der Waals surface area contributed by atoms with E-state index in [4.69, 9.17) is 0 Å². The van der Waals surface area contributed by atoms with Gasteiger partial charge in [-0.25, -0.2) is 4.98 Å². The van der Waals surface area contributed by atoms with E-state index in [2.05, 4.69) is 15.3 Å². The summed E-state index contributed by atoms with van der Waals surface area (Å²) in [6, 6.07) is 9.64. The van der Waals surface area contributed by atoms with Crippen molar-refractivity contribution in [1.29, 1.82) is 0 Å². The molecule has 1 amide bonds. The number of carbonyl (C=O) groups excluding carboxylic acids is 1. The number of hydrogen-bond donors (Lipinski definition) is 2. The third-order valence-corrected chi connectivity index (χ3v) is 4.80. The number of aromatic nitrogens is 2. The summed E-state index contributed by atoms with van der Waals surface area (Å²) in [5.41, 5.74) is 1.85. The first-order chi connectivity index (χ1) is 11.9. The van der Waals surface area contributed by atoms with Crippen LogP contribution in [-0.4, -0.2) is 28.8 Å². The number of fused-ring (bicyclic) bond motifs is 2. The molecule has 0 fully saturated rings. The molecule has 25 heavy (non-hydrogen) atoms. The fraction of sp³-hybridized carbons (Fsp3) is 0. The van der Waals surface area contributed by atoms with Crippen molar-refractivity contribution in [2.24, 2.45) is 0 Å². The van der Waals surface area contributed by atoms with Gasteiger partial charge in [-0.3, -0.25) is 14.3 Å². The Morgan fingerprint density at radius 3 is 2.60 bits per heavy atom. The highest BCUT2D eigenvalue weighted by Gasteiger charge is 2.25. The number of benzene rings is 1. The summed E-state index contributed by atoms with van der Waals surface area (Å²) >= 11 is 0. The van der Waals surface area contributed by atoms with Crippen LogP contribution in [0.2, 0.25) is 0 Å². The van der Waals surface area contributed by atoms with Crippen molar-refractivity contribution < 1.29 is 17.8 Å². The fourth-order valence-electron chi connectivity index (χ4n) is 2.82. The number of rotatable bonds is 2. The topological polar surface area (TPSA) is 109 Å². The summed E-state index contributed by atoms with van der Waals surface area (Å²) < 4.78 is 32.5. The molecular formula is C17H11N3O4S. The second-order valence-electron chi connectivity index (χ2n) is 5.44. The van der Waals surface area contributed by atoms with E-state index in [0.29, 0.717) is 27.9 Å². The van der Waals surface area contributed by atoms with Crippen LogP contribution in [0.15, 0.2) is 53.7 Å².